The fourth-order valence-electron chi connectivity index (χ4n) is 1.91. The highest BCUT2D eigenvalue weighted by atomic mass is 35.5. The molecule has 21 heavy (non-hydrogen) atoms. The maximum Gasteiger partial charge on any atom is 0.292 e. The SMILES string of the molecule is CNc1ccc(COc2ccc(C)cc2Cl)cc1[N+](=O)[O-]. The van der Waals surface area contributed by atoms with Crippen molar-refractivity contribution in [1.82, 2.24) is 0 Å². The van der Waals surface area contributed by atoms with Crippen LogP contribution in [0, 0.1) is 17.0 Å². The average molecular weight is 307 g/mol. The molecule has 110 valence electrons. The van der Waals surface area contributed by atoms with Crippen molar-refractivity contribution in [2.45, 2.75) is 13.5 Å². The van der Waals surface area contributed by atoms with Gasteiger partial charge in [-0.05, 0) is 36.2 Å². The predicted octanol–water partition coefficient (Wildman–Crippen LogP) is 4.18. The van der Waals surface area contributed by atoms with Crippen LogP contribution >= 0.6 is 11.6 Å². The van der Waals surface area contributed by atoms with Gasteiger partial charge in [-0.2, -0.15) is 0 Å². The van der Waals surface area contributed by atoms with Crippen molar-refractivity contribution in [3.05, 3.63) is 62.7 Å². The van der Waals surface area contributed by atoms with Crippen LogP contribution < -0.4 is 10.1 Å². The highest BCUT2D eigenvalue weighted by molar-refractivity contribution is 6.32. The minimum Gasteiger partial charge on any atom is -0.487 e. The number of aryl methyl sites for hydroxylation is 1. The van der Waals surface area contributed by atoms with E-state index in [9.17, 15) is 10.1 Å². The zero-order chi connectivity index (χ0) is 15.4. The van der Waals surface area contributed by atoms with Crippen LogP contribution in [-0.4, -0.2) is 12.0 Å². The third-order valence-corrected chi connectivity index (χ3v) is 3.31. The second-order valence-corrected chi connectivity index (χ2v) is 4.99. The maximum absolute atomic E-state index is 11.0. The Labute approximate surface area is 127 Å². The van der Waals surface area contributed by atoms with Crippen LogP contribution in [0.2, 0.25) is 5.02 Å². The van der Waals surface area contributed by atoms with E-state index >= 15 is 0 Å². The van der Waals surface area contributed by atoms with Crippen molar-refractivity contribution < 1.29 is 9.66 Å². The number of ether oxygens (including phenoxy) is 1. The van der Waals surface area contributed by atoms with Gasteiger partial charge in [-0.1, -0.05) is 23.7 Å². The summed E-state index contributed by atoms with van der Waals surface area (Å²) in [5.41, 5.74) is 2.24. The second kappa shape index (κ2) is 6.45. The Morgan fingerprint density at radius 3 is 2.67 bits per heavy atom. The molecule has 2 rings (SSSR count). The number of hydrogen-bond donors (Lipinski definition) is 1. The molecule has 0 saturated carbocycles. The van der Waals surface area contributed by atoms with Gasteiger partial charge >= 0.3 is 0 Å². The Bertz CT molecular complexity index is 674. The number of hydrogen-bond acceptors (Lipinski definition) is 4. The standard InChI is InChI=1S/C15H15ClN2O3/c1-10-3-6-15(12(16)7-10)21-9-11-4-5-13(17-2)14(8-11)18(19)20/h3-8,17H,9H2,1-2H3. The molecule has 0 aliphatic rings. The summed E-state index contributed by atoms with van der Waals surface area (Å²) in [7, 11) is 1.64. The number of nitro groups is 1. The van der Waals surface area contributed by atoms with Gasteiger partial charge in [-0.25, -0.2) is 0 Å². The summed E-state index contributed by atoms with van der Waals surface area (Å²) in [6, 6.07) is 10.4. The molecule has 0 aliphatic heterocycles. The molecule has 2 aromatic carbocycles. The molecular weight excluding hydrogens is 292 g/mol. The Hall–Kier alpha value is -2.27. The lowest BCUT2D eigenvalue weighted by molar-refractivity contribution is -0.384. The minimum absolute atomic E-state index is 0.0219. The van der Waals surface area contributed by atoms with Gasteiger partial charge in [-0.15, -0.1) is 0 Å². The van der Waals surface area contributed by atoms with E-state index < -0.39 is 4.92 Å². The lowest BCUT2D eigenvalue weighted by atomic mass is 10.2. The van der Waals surface area contributed by atoms with E-state index in [2.05, 4.69) is 5.32 Å². The van der Waals surface area contributed by atoms with E-state index in [0.29, 0.717) is 22.0 Å². The molecule has 0 bridgehead atoms. The van der Waals surface area contributed by atoms with Crippen molar-refractivity contribution in [3.8, 4) is 5.75 Å². The minimum atomic E-state index is -0.422. The Morgan fingerprint density at radius 1 is 1.29 bits per heavy atom. The van der Waals surface area contributed by atoms with Crippen molar-refractivity contribution in [2.75, 3.05) is 12.4 Å². The van der Waals surface area contributed by atoms with Crippen molar-refractivity contribution >= 4 is 23.0 Å². The van der Waals surface area contributed by atoms with Gasteiger partial charge in [0.2, 0.25) is 0 Å². The quantitative estimate of drug-likeness (QED) is 0.665. The van der Waals surface area contributed by atoms with E-state index in [4.69, 9.17) is 16.3 Å². The molecule has 0 aliphatic carbocycles. The highest BCUT2D eigenvalue weighted by Crippen LogP contribution is 2.28. The average Bonchev–Trinajstić information content (AvgIpc) is 2.46. The van der Waals surface area contributed by atoms with Gasteiger partial charge in [0.15, 0.2) is 0 Å². The Kier molecular flexibility index (Phi) is 4.65. The largest absolute Gasteiger partial charge is 0.487 e. The van der Waals surface area contributed by atoms with Gasteiger partial charge in [-0.3, -0.25) is 10.1 Å². The number of nitrogens with zero attached hydrogens (tertiary/aromatic N) is 1. The second-order valence-electron chi connectivity index (χ2n) is 4.58. The first-order valence-corrected chi connectivity index (χ1v) is 6.73. The fourth-order valence-corrected chi connectivity index (χ4v) is 2.20. The summed E-state index contributed by atoms with van der Waals surface area (Å²) in [6.45, 7) is 2.16. The van der Waals surface area contributed by atoms with Gasteiger partial charge in [0, 0.05) is 13.1 Å². The molecule has 1 N–H and O–H groups in total. The van der Waals surface area contributed by atoms with Crippen LogP contribution in [-0.2, 0) is 6.61 Å². The van der Waals surface area contributed by atoms with Crippen molar-refractivity contribution in [2.24, 2.45) is 0 Å². The number of rotatable bonds is 5. The molecule has 0 spiro atoms. The molecule has 5 nitrogen and oxygen atoms in total. The molecule has 0 atom stereocenters. The number of nitro benzene ring substituents is 1. The zero-order valence-corrected chi connectivity index (χ0v) is 12.5. The van der Waals surface area contributed by atoms with Gasteiger partial charge in [0.25, 0.3) is 5.69 Å². The predicted molar refractivity (Wildman–Crippen MR) is 83.2 cm³/mol. The lowest BCUT2D eigenvalue weighted by Gasteiger charge is -2.09. The molecule has 0 fully saturated rings. The van der Waals surface area contributed by atoms with Crippen LogP contribution in [0.5, 0.6) is 5.75 Å². The molecule has 0 aromatic heterocycles. The molecule has 6 heteroatoms. The third kappa shape index (κ3) is 3.64. The number of benzene rings is 2. The van der Waals surface area contributed by atoms with E-state index in [-0.39, 0.29) is 12.3 Å². The van der Waals surface area contributed by atoms with E-state index in [1.807, 2.05) is 19.1 Å². The van der Waals surface area contributed by atoms with E-state index in [0.717, 1.165) is 5.56 Å². The van der Waals surface area contributed by atoms with Crippen molar-refractivity contribution in [1.29, 1.82) is 0 Å². The van der Waals surface area contributed by atoms with Gasteiger partial charge in [0.05, 0.1) is 9.95 Å². The zero-order valence-electron chi connectivity index (χ0n) is 11.7. The van der Waals surface area contributed by atoms with E-state index in [1.165, 1.54) is 6.07 Å². The number of nitrogens with one attached hydrogen (secondary N) is 1. The third-order valence-electron chi connectivity index (χ3n) is 3.01. The summed E-state index contributed by atoms with van der Waals surface area (Å²) >= 11 is 6.08. The highest BCUT2D eigenvalue weighted by Gasteiger charge is 2.13. The van der Waals surface area contributed by atoms with Crippen LogP contribution in [0.4, 0.5) is 11.4 Å². The first-order chi connectivity index (χ1) is 10.0. The first-order valence-electron chi connectivity index (χ1n) is 6.35. The lowest BCUT2D eigenvalue weighted by Crippen LogP contribution is -2.00. The Balaban J connectivity index is 2.16. The topological polar surface area (TPSA) is 64.4 Å². The van der Waals surface area contributed by atoms with Crippen LogP contribution in [0.3, 0.4) is 0 Å². The maximum atomic E-state index is 11.0. The molecule has 0 amide bonds. The summed E-state index contributed by atoms with van der Waals surface area (Å²) in [4.78, 5) is 10.6. The number of anilines is 1. The summed E-state index contributed by atoms with van der Waals surface area (Å²) in [5.74, 6) is 0.558. The monoisotopic (exact) mass is 306 g/mol. The molecule has 0 heterocycles. The summed E-state index contributed by atoms with van der Waals surface area (Å²) in [5, 5.41) is 14.3. The smallest absolute Gasteiger partial charge is 0.292 e. The van der Waals surface area contributed by atoms with Gasteiger partial charge in [0.1, 0.15) is 18.0 Å². The molecule has 0 unspecified atom stereocenters. The first kappa shape index (κ1) is 15.1. The van der Waals surface area contributed by atoms with Gasteiger partial charge < -0.3 is 10.1 Å². The number of halogens is 1. The molecule has 0 radical (unpaired) electrons. The summed E-state index contributed by atoms with van der Waals surface area (Å²) < 4.78 is 5.61. The Morgan fingerprint density at radius 2 is 2.05 bits per heavy atom. The normalized spacial score (nSPS) is 10.2. The molecule has 2 aromatic rings. The molecular formula is C15H15ClN2O3. The molecule has 0 saturated heterocycles. The van der Waals surface area contributed by atoms with Crippen LogP contribution in [0.1, 0.15) is 11.1 Å². The van der Waals surface area contributed by atoms with Crippen LogP contribution in [0.25, 0.3) is 0 Å². The van der Waals surface area contributed by atoms with Crippen LogP contribution in [0.15, 0.2) is 36.4 Å². The fraction of sp³-hybridized carbons (Fsp3) is 0.200. The van der Waals surface area contributed by atoms with E-state index in [1.54, 1.807) is 25.2 Å². The summed E-state index contributed by atoms with van der Waals surface area (Å²) in [6.07, 6.45) is 0. The van der Waals surface area contributed by atoms with Crippen molar-refractivity contribution in [3.63, 3.8) is 0 Å².